The highest BCUT2D eigenvalue weighted by molar-refractivity contribution is 5.99. The van der Waals surface area contributed by atoms with Crippen molar-refractivity contribution in [3.63, 3.8) is 0 Å². The van der Waals surface area contributed by atoms with E-state index in [0.717, 1.165) is 0 Å². The molecule has 0 saturated carbocycles. The zero-order chi connectivity index (χ0) is 19.4. The fraction of sp³-hybridized carbons (Fsp3) is 0.300. The molecule has 1 fully saturated rings. The lowest BCUT2D eigenvalue weighted by Gasteiger charge is -2.25. The minimum Gasteiger partial charge on any atom is -0.507 e. The fourth-order valence-electron chi connectivity index (χ4n) is 3.21. The zero-order valence-electron chi connectivity index (χ0n) is 14.6. The Morgan fingerprint density at radius 2 is 1.89 bits per heavy atom. The van der Waals surface area contributed by atoms with E-state index in [1.807, 2.05) is 0 Å². The number of nitrogens with zero attached hydrogens (tertiary/aromatic N) is 1. The first-order valence-electron chi connectivity index (χ1n) is 8.77. The van der Waals surface area contributed by atoms with Gasteiger partial charge >= 0.3 is 0 Å². The maximum atomic E-state index is 12.9. The quantitative estimate of drug-likeness (QED) is 0.749. The predicted molar refractivity (Wildman–Crippen MR) is 96.5 cm³/mol. The molecule has 0 radical (unpaired) electrons. The van der Waals surface area contributed by atoms with Gasteiger partial charge in [-0.05, 0) is 42.7 Å². The van der Waals surface area contributed by atoms with Crippen LogP contribution < -0.4 is 5.32 Å². The molecule has 142 valence electrons. The van der Waals surface area contributed by atoms with Crippen LogP contribution in [0.25, 0.3) is 0 Å². The van der Waals surface area contributed by atoms with Crippen molar-refractivity contribution in [2.75, 3.05) is 13.1 Å². The van der Waals surface area contributed by atoms with E-state index in [-0.39, 0.29) is 23.8 Å². The predicted octanol–water partition coefficient (Wildman–Crippen LogP) is 1.99. The van der Waals surface area contributed by atoms with Gasteiger partial charge in [-0.25, -0.2) is 4.39 Å². The Morgan fingerprint density at radius 3 is 2.59 bits per heavy atom. The number of nitrogens with one attached hydrogen (secondary N) is 1. The molecule has 2 amide bonds. The maximum Gasteiger partial charge on any atom is 0.258 e. The van der Waals surface area contributed by atoms with Crippen LogP contribution in [0.15, 0.2) is 48.5 Å². The number of benzene rings is 2. The number of aliphatic hydroxyl groups is 1. The van der Waals surface area contributed by atoms with Crippen molar-refractivity contribution in [2.24, 2.45) is 0 Å². The SMILES string of the molecule is O=C(NC[C@@H](O)c1ccc(F)cc1)[C@@H]1CCCN1C(=O)c1ccccc1O. The van der Waals surface area contributed by atoms with Gasteiger partial charge in [0.25, 0.3) is 5.91 Å². The van der Waals surface area contributed by atoms with Crippen LogP contribution in [-0.4, -0.2) is 46.1 Å². The average molecular weight is 372 g/mol. The van der Waals surface area contributed by atoms with E-state index in [9.17, 15) is 24.2 Å². The number of phenols is 1. The molecule has 7 heteroatoms. The van der Waals surface area contributed by atoms with Crippen LogP contribution in [0.3, 0.4) is 0 Å². The van der Waals surface area contributed by atoms with Gasteiger partial charge in [0, 0.05) is 13.1 Å². The van der Waals surface area contributed by atoms with Crippen LogP contribution in [0.2, 0.25) is 0 Å². The Bertz CT molecular complexity index is 825. The summed E-state index contributed by atoms with van der Waals surface area (Å²) < 4.78 is 12.9. The number of hydrogen-bond acceptors (Lipinski definition) is 4. The Balaban J connectivity index is 1.62. The molecule has 0 unspecified atom stereocenters. The molecule has 6 nitrogen and oxygen atoms in total. The maximum absolute atomic E-state index is 12.9. The molecule has 2 atom stereocenters. The summed E-state index contributed by atoms with van der Waals surface area (Å²) in [4.78, 5) is 26.6. The number of rotatable bonds is 5. The Labute approximate surface area is 156 Å². The van der Waals surface area contributed by atoms with Crippen LogP contribution in [0.1, 0.15) is 34.9 Å². The molecular weight excluding hydrogens is 351 g/mol. The number of aromatic hydroxyl groups is 1. The second-order valence-corrected chi connectivity index (χ2v) is 6.49. The molecule has 1 saturated heterocycles. The van der Waals surface area contributed by atoms with Gasteiger partial charge in [0.15, 0.2) is 0 Å². The number of para-hydroxylation sites is 1. The van der Waals surface area contributed by atoms with Crippen molar-refractivity contribution in [3.05, 3.63) is 65.5 Å². The standard InChI is InChI=1S/C20H21FN2O4/c21-14-9-7-13(8-10-14)18(25)12-22-19(26)16-5-3-11-23(16)20(27)15-4-1-2-6-17(15)24/h1-2,4,6-10,16,18,24-25H,3,5,11-12H2,(H,22,26)/t16-,18+/m0/s1. The molecule has 2 aromatic carbocycles. The van der Waals surface area contributed by atoms with Gasteiger partial charge < -0.3 is 20.4 Å². The minimum absolute atomic E-state index is 0.0421. The van der Waals surface area contributed by atoms with E-state index in [1.165, 1.54) is 41.3 Å². The lowest BCUT2D eigenvalue weighted by Crippen LogP contribution is -2.46. The molecule has 1 aliphatic rings. The molecule has 0 aliphatic carbocycles. The largest absolute Gasteiger partial charge is 0.507 e. The van der Waals surface area contributed by atoms with Crippen LogP contribution in [0.4, 0.5) is 4.39 Å². The number of amides is 2. The fourth-order valence-corrected chi connectivity index (χ4v) is 3.21. The molecule has 2 aromatic rings. The van der Waals surface area contributed by atoms with Crippen molar-refractivity contribution in [1.82, 2.24) is 10.2 Å². The van der Waals surface area contributed by atoms with E-state index < -0.39 is 23.9 Å². The number of carbonyl (C=O) groups excluding carboxylic acids is 2. The summed E-state index contributed by atoms with van der Waals surface area (Å²) >= 11 is 0. The molecule has 27 heavy (non-hydrogen) atoms. The third-order valence-electron chi connectivity index (χ3n) is 4.68. The number of halogens is 1. The summed E-state index contributed by atoms with van der Waals surface area (Å²) in [6.45, 7) is 0.380. The number of hydrogen-bond donors (Lipinski definition) is 3. The Hall–Kier alpha value is -2.93. The summed E-state index contributed by atoms with van der Waals surface area (Å²) in [5.74, 6) is -1.29. The van der Waals surface area contributed by atoms with Crippen LogP contribution in [0.5, 0.6) is 5.75 Å². The van der Waals surface area contributed by atoms with Gasteiger partial charge in [-0.15, -0.1) is 0 Å². The first kappa shape index (κ1) is 18.8. The van der Waals surface area contributed by atoms with Crippen LogP contribution >= 0.6 is 0 Å². The van der Waals surface area contributed by atoms with Crippen molar-refractivity contribution in [2.45, 2.75) is 25.0 Å². The molecule has 3 N–H and O–H groups in total. The molecule has 3 rings (SSSR count). The van der Waals surface area contributed by atoms with E-state index in [4.69, 9.17) is 0 Å². The number of aliphatic hydroxyl groups excluding tert-OH is 1. The lowest BCUT2D eigenvalue weighted by atomic mass is 10.1. The Kier molecular flexibility index (Phi) is 5.71. The topological polar surface area (TPSA) is 89.9 Å². The van der Waals surface area contributed by atoms with Crippen LogP contribution in [-0.2, 0) is 4.79 Å². The van der Waals surface area contributed by atoms with Gasteiger partial charge in [0.2, 0.25) is 5.91 Å². The first-order chi connectivity index (χ1) is 13.0. The summed E-state index contributed by atoms with van der Waals surface area (Å²) in [7, 11) is 0. The van der Waals surface area contributed by atoms with Gasteiger partial charge in [0.1, 0.15) is 17.6 Å². The molecule has 0 spiro atoms. The average Bonchev–Trinajstić information content (AvgIpc) is 3.16. The second kappa shape index (κ2) is 8.18. The van der Waals surface area contributed by atoms with Gasteiger partial charge in [0.05, 0.1) is 11.7 Å². The number of carbonyl (C=O) groups is 2. The first-order valence-corrected chi connectivity index (χ1v) is 8.77. The van der Waals surface area contributed by atoms with Crippen molar-refractivity contribution < 1.29 is 24.2 Å². The second-order valence-electron chi connectivity index (χ2n) is 6.49. The molecule has 1 aliphatic heterocycles. The van der Waals surface area contributed by atoms with Crippen LogP contribution in [0, 0.1) is 5.82 Å². The summed E-state index contributed by atoms with van der Waals surface area (Å²) in [6.07, 6.45) is 0.216. The van der Waals surface area contributed by atoms with E-state index in [0.29, 0.717) is 24.9 Å². The summed E-state index contributed by atoms with van der Waals surface area (Å²) in [6, 6.07) is 11.0. The molecule has 1 heterocycles. The highest BCUT2D eigenvalue weighted by Gasteiger charge is 2.35. The molecule has 0 aromatic heterocycles. The van der Waals surface area contributed by atoms with Gasteiger partial charge in [-0.1, -0.05) is 24.3 Å². The highest BCUT2D eigenvalue weighted by Crippen LogP contribution is 2.24. The van der Waals surface area contributed by atoms with Crippen molar-refractivity contribution >= 4 is 11.8 Å². The normalized spacial score (nSPS) is 17.6. The van der Waals surface area contributed by atoms with E-state index >= 15 is 0 Å². The molecular formula is C20H21FN2O4. The summed E-state index contributed by atoms with van der Waals surface area (Å²) in [5, 5.41) is 22.7. The minimum atomic E-state index is -0.974. The number of phenolic OH excluding ortho intramolecular Hbond substituents is 1. The third-order valence-corrected chi connectivity index (χ3v) is 4.68. The van der Waals surface area contributed by atoms with E-state index in [1.54, 1.807) is 12.1 Å². The third kappa shape index (κ3) is 4.25. The van der Waals surface area contributed by atoms with Gasteiger partial charge in [-0.2, -0.15) is 0 Å². The van der Waals surface area contributed by atoms with Crippen molar-refractivity contribution in [1.29, 1.82) is 0 Å². The lowest BCUT2D eigenvalue weighted by molar-refractivity contribution is -0.125. The Morgan fingerprint density at radius 1 is 1.19 bits per heavy atom. The highest BCUT2D eigenvalue weighted by atomic mass is 19.1. The monoisotopic (exact) mass is 372 g/mol. The zero-order valence-corrected chi connectivity index (χ0v) is 14.6. The van der Waals surface area contributed by atoms with Gasteiger partial charge in [-0.3, -0.25) is 9.59 Å². The summed E-state index contributed by atoms with van der Waals surface area (Å²) in [5.41, 5.74) is 0.647. The smallest absolute Gasteiger partial charge is 0.258 e. The number of likely N-dealkylation sites (tertiary alicyclic amines) is 1. The van der Waals surface area contributed by atoms with E-state index in [2.05, 4.69) is 5.32 Å². The van der Waals surface area contributed by atoms with Crippen molar-refractivity contribution in [3.8, 4) is 5.75 Å². The molecule has 0 bridgehead atoms.